The van der Waals surface area contributed by atoms with Crippen molar-refractivity contribution in [3.05, 3.63) is 83.7 Å². The molecule has 4 aromatic rings. The van der Waals surface area contributed by atoms with Crippen molar-refractivity contribution in [1.82, 2.24) is 9.97 Å². The molecule has 0 radical (unpaired) electrons. The predicted octanol–water partition coefficient (Wildman–Crippen LogP) is 4.60. The van der Waals surface area contributed by atoms with Crippen molar-refractivity contribution in [2.45, 2.75) is 6.18 Å². The van der Waals surface area contributed by atoms with E-state index in [1.165, 1.54) is 24.4 Å². The van der Waals surface area contributed by atoms with E-state index >= 15 is 0 Å². The van der Waals surface area contributed by atoms with Crippen LogP contribution in [0.4, 0.5) is 18.9 Å². The normalized spacial score (nSPS) is 11.5. The van der Waals surface area contributed by atoms with Gasteiger partial charge in [-0.2, -0.15) is 13.2 Å². The second kappa shape index (κ2) is 7.60. The molecule has 0 aliphatic rings. The molecule has 4 rings (SSSR count). The minimum Gasteiger partial charge on any atom is -0.366 e. The third kappa shape index (κ3) is 4.11. The van der Waals surface area contributed by atoms with Gasteiger partial charge < -0.3 is 16.0 Å². The van der Waals surface area contributed by atoms with Gasteiger partial charge in [0.15, 0.2) is 0 Å². The molecule has 9 heteroatoms. The fourth-order valence-corrected chi connectivity index (χ4v) is 3.14. The third-order valence-electron chi connectivity index (χ3n) is 4.69. The number of anilines is 1. The van der Waals surface area contributed by atoms with E-state index in [2.05, 4.69) is 15.3 Å². The van der Waals surface area contributed by atoms with Gasteiger partial charge in [0.1, 0.15) is 5.69 Å². The first kappa shape index (κ1) is 20.1. The molecule has 0 atom stereocenters. The molecule has 2 aromatic heterocycles. The lowest BCUT2D eigenvalue weighted by Gasteiger charge is -2.09. The maximum Gasteiger partial charge on any atom is 0.416 e. The highest BCUT2D eigenvalue weighted by molar-refractivity contribution is 6.07. The SMILES string of the molecule is NC(=O)c1c[nH]c2ccc(-c3cccc(C(=O)Nc4ccc(C(F)(F)F)cc4)n3)cc12. The van der Waals surface area contributed by atoms with Gasteiger partial charge in [-0.25, -0.2) is 4.98 Å². The van der Waals surface area contributed by atoms with Crippen molar-refractivity contribution in [2.24, 2.45) is 5.73 Å². The number of nitrogens with one attached hydrogen (secondary N) is 2. The number of carbonyl (C=O) groups is 2. The summed E-state index contributed by atoms with van der Waals surface area (Å²) in [6.45, 7) is 0. The van der Waals surface area contributed by atoms with E-state index in [1.807, 2.05) is 0 Å². The summed E-state index contributed by atoms with van der Waals surface area (Å²) >= 11 is 0. The standard InChI is InChI=1S/C22H15F3N4O2/c23-22(24,25)13-5-7-14(8-6-13)28-21(31)19-3-1-2-17(29-19)12-4-9-18-15(10-12)16(11-27-18)20(26)30/h1-11,27H,(H2,26,30)(H,28,31). The number of aromatic amines is 1. The number of hydrogen-bond donors (Lipinski definition) is 3. The van der Waals surface area contributed by atoms with Gasteiger partial charge in [0.25, 0.3) is 11.8 Å². The molecule has 156 valence electrons. The highest BCUT2D eigenvalue weighted by Crippen LogP contribution is 2.30. The number of alkyl halides is 3. The summed E-state index contributed by atoms with van der Waals surface area (Å²) in [7, 11) is 0. The number of fused-ring (bicyclic) bond motifs is 1. The fourth-order valence-electron chi connectivity index (χ4n) is 3.14. The maximum atomic E-state index is 12.7. The van der Waals surface area contributed by atoms with E-state index in [0.717, 1.165) is 17.6 Å². The Bertz CT molecular complexity index is 1290. The van der Waals surface area contributed by atoms with Crippen LogP contribution in [0.2, 0.25) is 0 Å². The molecular weight excluding hydrogens is 409 g/mol. The van der Waals surface area contributed by atoms with E-state index < -0.39 is 23.6 Å². The van der Waals surface area contributed by atoms with Gasteiger partial charge in [0.05, 0.1) is 16.8 Å². The lowest BCUT2D eigenvalue weighted by atomic mass is 10.1. The van der Waals surface area contributed by atoms with Crippen molar-refractivity contribution in [3.63, 3.8) is 0 Å². The van der Waals surface area contributed by atoms with Crippen LogP contribution in [0.25, 0.3) is 22.2 Å². The number of benzene rings is 2. The zero-order valence-corrected chi connectivity index (χ0v) is 15.8. The molecule has 0 fully saturated rings. The van der Waals surface area contributed by atoms with Crippen LogP contribution < -0.4 is 11.1 Å². The first-order chi connectivity index (χ1) is 14.7. The molecular formula is C22H15F3N4O2. The molecule has 31 heavy (non-hydrogen) atoms. The minimum absolute atomic E-state index is 0.0849. The number of rotatable bonds is 4. The quantitative estimate of drug-likeness (QED) is 0.446. The summed E-state index contributed by atoms with van der Waals surface area (Å²) in [5.41, 5.74) is 7.11. The number of nitrogens with zero attached hydrogens (tertiary/aromatic N) is 1. The molecule has 4 N–H and O–H groups in total. The van der Waals surface area contributed by atoms with Gasteiger partial charge in [0.2, 0.25) is 0 Å². The third-order valence-corrected chi connectivity index (χ3v) is 4.69. The van der Waals surface area contributed by atoms with Crippen LogP contribution in [0.3, 0.4) is 0 Å². The second-order valence-electron chi connectivity index (χ2n) is 6.76. The predicted molar refractivity (Wildman–Crippen MR) is 109 cm³/mol. The summed E-state index contributed by atoms with van der Waals surface area (Å²) in [6, 6.07) is 14.3. The van der Waals surface area contributed by atoms with Crippen LogP contribution in [0.15, 0.2) is 66.9 Å². The fraction of sp³-hybridized carbons (Fsp3) is 0.0455. The van der Waals surface area contributed by atoms with Crippen LogP contribution >= 0.6 is 0 Å². The van der Waals surface area contributed by atoms with Crippen molar-refractivity contribution >= 4 is 28.4 Å². The minimum atomic E-state index is -4.45. The summed E-state index contributed by atoms with van der Waals surface area (Å²) in [6.07, 6.45) is -2.93. The Morgan fingerprint density at radius 1 is 1.00 bits per heavy atom. The second-order valence-corrected chi connectivity index (χ2v) is 6.76. The first-order valence-electron chi connectivity index (χ1n) is 9.09. The Hall–Kier alpha value is -4.14. The number of hydrogen-bond acceptors (Lipinski definition) is 3. The Morgan fingerprint density at radius 3 is 2.42 bits per heavy atom. The number of amides is 2. The summed E-state index contributed by atoms with van der Waals surface area (Å²) < 4.78 is 38.0. The van der Waals surface area contributed by atoms with Crippen molar-refractivity contribution < 1.29 is 22.8 Å². The van der Waals surface area contributed by atoms with Crippen LogP contribution in [0, 0.1) is 0 Å². The molecule has 0 spiro atoms. The van der Waals surface area contributed by atoms with Crippen LogP contribution in [0.1, 0.15) is 26.4 Å². The number of carbonyl (C=O) groups excluding carboxylic acids is 2. The Kier molecular flexibility index (Phi) is 4.94. The van der Waals surface area contributed by atoms with Gasteiger partial charge in [-0.1, -0.05) is 12.1 Å². The molecule has 0 saturated heterocycles. The van der Waals surface area contributed by atoms with Gasteiger partial charge in [-0.3, -0.25) is 9.59 Å². The lowest BCUT2D eigenvalue weighted by Crippen LogP contribution is -2.14. The number of H-pyrrole nitrogens is 1. The summed E-state index contributed by atoms with van der Waals surface area (Å²) in [4.78, 5) is 31.4. The number of pyridine rings is 1. The highest BCUT2D eigenvalue weighted by atomic mass is 19.4. The zero-order valence-electron chi connectivity index (χ0n) is 15.8. The Balaban J connectivity index is 1.59. The number of halogens is 3. The summed E-state index contributed by atoms with van der Waals surface area (Å²) in [5.74, 6) is -1.14. The molecule has 2 amide bonds. The average Bonchev–Trinajstić information content (AvgIpc) is 3.17. The smallest absolute Gasteiger partial charge is 0.366 e. The molecule has 2 aromatic carbocycles. The van der Waals surface area contributed by atoms with Gasteiger partial charge in [-0.05, 0) is 48.5 Å². The largest absolute Gasteiger partial charge is 0.416 e. The molecule has 6 nitrogen and oxygen atoms in total. The lowest BCUT2D eigenvalue weighted by molar-refractivity contribution is -0.137. The van der Waals surface area contributed by atoms with E-state index in [4.69, 9.17) is 5.73 Å². The molecule has 0 aliphatic carbocycles. The highest BCUT2D eigenvalue weighted by Gasteiger charge is 2.30. The van der Waals surface area contributed by atoms with Crippen LogP contribution in [0.5, 0.6) is 0 Å². The van der Waals surface area contributed by atoms with Gasteiger partial charge in [0, 0.05) is 28.4 Å². The first-order valence-corrected chi connectivity index (χ1v) is 9.09. The number of primary amides is 1. The van der Waals surface area contributed by atoms with Crippen LogP contribution in [-0.2, 0) is 6.18 Å². The Labute approximate surface area is 173 Å². The number of nitrogens with two attached hydrogens (primary N) is 1. The molecule has 2 heterocycles. The van der Waals surface area contributed by atoms with E-state index in [-0.39, 0.29) is 11.4 Å². The molecule has 0 bridgehead atoms. The zero-order chi connectivity index (χ0) is 22.2. The van der Waals surface area contributed by atoms with Crippen LogP contribution in [-0.4, -0.2) is 21.8 Å². The Morgan fingerprint density at radius 2 is 1.74 bits per heavy atom. The monoisotopic (exact) mass is 424 g/mol. The van der Waals surface area contributed by atoms with E-state index in [9.17, 15) is 22.8 Å². The molecule has 0 aliphatic heterocycles. The molecule has 0 unspecified atom stereocenters. The topological polar surface area (TPSA) is 101 Å². The van der Waals surface area contributed by atoms with Crippen molar-refractivity contribution in [2.75, 3.05) is 5.32 Å². The van der Waals surface area contributed by atoms with Crippen molar-refractivity contribution in [3.8, 4) is 11.3 Å². The van der Waals surface area contributed by atoms with E-state index in [0.29, 0.717) is 22.2 Å². The van der Waals surface area contributed by atoms with Crippen molar-refractivity contribution in [1.29, 1.82) is 0 Å². The summed E-state index contributed by atoms with van der Waals surface area (Å²) in [5, 5.41) is 3.16. The van der Waals surface area contributed by atoms with Gasteiger partial charge >= 0.3 is 6.18 Å². The van der Waals surface area contributed by atoms with Gasteiger partial charge in [-0.15, -0.1) is 0 Å². The van der Waals surface area contributed by atoms with E-state index in [1.54, 1.807) is 30.3 Å². The molecule has 0 saturated carbocycles. The average molecular weight is 424 g/mol. The number of aromatic nitrogens is 2. The maximum absolute atomic E-state index is 12.7.